The molecule has 0 spiro atoms. The smallest absolute Gasteiger partial charge is 0.261 e. The van der Waals surface area contributed by atoms with Crippen LogP contribution in [0.25, 0.3) is 0 Å². The van der Waals surface area contributed by atoms with Crippen LogP contribution in [-0.4, -0.2) is 53.0 Å². The number of ether oxygens (including phenoxy) is 1. The van der Waals surface area contributed by atoms with Gasteiger partial charge in [0.05, 0.1) is 11.1 Å². The third-order valence-electron chi connectivity index (χ3n) is 4.84. The van der Waals surface area contributed by atoms with Gasteiger partial charge in [0, 0.05) is 38.7 Å². The minimum atomic E-state index is -0.794. The van der Waals surface area contributed by atoms with Gasteiger partial charge < -0.3 is 14.6 Å². The van der Waals surface area contributed by atoms with E-state index in [2.05, 4.69) is 15.5 Å². The molecule has 1 fully saturated rings. The Labute approximate surface area is 148 Å². The second-order valence-electron chi connectivity index (χ2n) is 6.33. The lowest BCUT2D eigenvalue weighted by Gasteiger charge is -2.35. The highest BCUT2D eigenvalue weighted by Gasteiger charge is 2.40. The summed E-state index contributed by atoms with van der Waals surface area (Å²) in [4.78, 5) is 42.1. The number of amides is 3. The summed E-state index contributed by atoms with van der Waals surface area (Å²) in [5, 5.41) is 6.85. The van der Waals surface area contributed by atoms with E-state index in [1.165, 1.54) is 31.6 Å². The number of hydrogen-bond acceptors (Lipinski definition) is 7. The molecule has 1 aromatic carbocycles. The number of fused-ring (bicyclic) bond motifs is 1. The van der Waals surface area contributed by atoms with Crippen molar-refractivity contribution in [1.82, 2.24) is 20.4 Å². The van der Waals surface area contributed by atoms with Crippen molar-refractivity contribution in [2.75, 3.05) is 20.3 Å². The fourth-order valence-corrected chi connectivity index (χ4v) is 3.30. The van der Waals surface area contributed by atoms with Crippen molar-refractivity contribution < 1.29 is 23.6 Å². The third kappa shape index (κ3) is 2.48. The van der Waals surface area contributed by atoms with Crippen LogP contribution in [0, 0.1) is 0 Å². The number of hydrogen-bond donors (Lipinski definition) is 1. The summed E-state index contributed by atoms with van der Waals surface area (Å²) < 4.78 is 10.2. The zero-order valence-corrected chi connectivity index (χ0v) is 14.0. The highest BCUT2D eigenvalue weighted by atomic mass is 16.5. The summed E-state index contributed by atoms with van der Waals surface area (Å²) in [6.07, 6.45) is 2.22. The number of aromatic nitrogens is 2. The molecule has 1 N–H and O–H groups in total. The molecule has 0 unspecified atom stereocenters. The topological polar surface area (TPSA) is 115 Å². The fourth-order valence-electron chi connectivity index (χ4n) is 3.30. The van der Waals surface area contributed by atoms with E-state index in [0.717, 1.165) is 4.90 Å². The highest BCUT2D eigenvalue weighted by Crippen LogP contribution is 2.30. The normalized spacial score (nSPS) is 18.7. The quantitative estimate of drug-likeness (QED) is 0.806. The Morgan fingerprint density at radius 2 is 1.92 bits per heavy atom. The largest absolute Gasteiger partial charge is 0.381 e. The van der Waals surface area contributed by atoms with E-state index >= 15 is 0 Å². The van der Waals surface area contributed by atoms with Crippen LogP contribution >= 0.6 is 0 Å². The number of carbonyl (C=O) groups excluding carboxylic acids is 3. The van der Waals surface area contributed by atoms with Crippen LogP contribution in [0.15, 0.2) is 29.1 Å². The predicted octanol–water partition coefficient (Wildman–Crippen LogP) is 0.731. The molecule has 9 heteroatoms. The molecule has 1 saturated heterocycles. The molecule has 3 amide bonds. The first-order chi connectivity index (χ1) is 12.5. The maximum atomic E-state index is 12.8. The van der Waals surface area contributed by atoms with Gasteiger partial charge in [-0.15, -0.1) is 0 Å². The predicted molar refractivity (Wildman–Crippen MR) is 86.4 cm³/mol. The van der Waals surface area contributed by atoms with Crippen LogP contribution < -0.4 is 5.32 Å². The van der Waals surface area contributed by atoms with Gasteiger partial charge in [-0.2, -0.15) is 4.98 Å². The average molecular weight is 356 g/mol. The van der Waals surface area contributed by atoms with E-state index in [0.29, 0.717) is 37.4 Å². The lowest BCUT2D eigenvalue weighted by molar-refractivity contribution is 0.0305. The van der Waals surface area contributed by atoms with E-state index < -0.39 is 11.4 Å². The molecule has 0 atom stereocenters. The molecule has 2 aliphatic rings. The zero-order chi connectivity index (χ0) is 18.3. The summed E-state index contributed by atoms with van der Waals surface area (Å²) in [5.74, 6) is -0.779. The third-order valence-corrected chi connectivity index (χ3v) is 4.84. The Bertz CT molecular complexity index is 887. The molecule has 134 valence electrons. The van der Waals surface area contributed by atoms with Crippen molar-refractivity contribution in [2.45, 2.75) is 18.4 Å². The summed E-state index contributed by atoms with van der Waals surface area (Å²) in [5.41, 5.74) is 0.0196. The van der Waals surface area contributed by atoms with E-state index in [4.69, 9.17) is 9.26 Å². The molecule has 26 heavy (non-hydrogen) atoms. The highest BCUT2D eigenvalue weighted by molar-refractivity contribution is 6.21. The van der Waals surface area contributed by atoms with Crippen LogP contribution in [0.3, 0.4) is 0 Å². The molecular weight excluding hydrogens is 340 g/mol. The first-order valence-electron chi connectivity index (χ1n) is 8.15. The molecule has 0 saturated carbocycles. The molecule has 0 bridgehead atoms. The molecule has 0 radical (unpaired) electrons. The van der Waals surface area contributed by atoms with Crippen LogP contribution in [0.5, 0.6) is 0 Å². The van der Waals surface area contributed by atoms with Gasteiger partial charge in [-0.3, -0.25) is 19.3 Å². The molecule has 1 aromatic heterocycles. The standard InChI is InChI=1S/C17H16N4O5/c1-21-14(23)11-3-2-10(8-12(11)15(21)24)13(22)19-17(4-6-25-7-5-17)16-18-9-26-20-16/h2-3,8-9H,4-7H2,1H3,(H,19,22). The van der Waals surface area contributed by atoms with E-state index in [9.17, 15) is 14.4 Å². The number of imide groups is 1. The second kappa shape index (κ2) is 6.03. The van der Waals surface area contributed by atoms with Gasteiger partial charge in [0.1, 0.15) is 5.54 Å². The Balaban J connectivity index is 1.64. The molecule has 9 nitrogen and oxygen atoms in total. The molecule has 3 heterocycles. The van der Waals surface area contributed by atoms with Crippen LogP contribution in [-0.2, 0) is 10.3 Å². The van der Waals surface area contributed by atoms with Gasteiger partial charge in [0.15, 0.2) is 5.82 Å². The van der Waals surface area contributed by atoms with Gasteiger partial charge in [-0.25, -0.2) is 0 Å². The molecule has 2 aliphatic heterocycles. The maximum Gasteiger partial charge on any atom is 0.261 e. The van der Waals surface area contributed by atoms with Crippen LogP contribution in [0.2, 0.25) is 0 Å². The van der Waals surface area contributed by atoms with E-state index in [-0.39, 0.29) is 22.9 Å². The average Bonchev–Trinajstić information content (AvgIpc) is 3.28. The summed E-state index contributed by atoms with van der Waals surface area (Å²) in [7, 11) is 1.41. The lowest BCUT2D eigenvalue weighted by atomic mass is 9.88. The summed E-state index contributed by atoms with van der Waals surface area (Å²) >= 11 is 0. The minimum Gasteiger partial charge on any atom is -0.381 e. The zero-order valence-electron chi connectivity index (χ0n) is 14.0. The number of benzene rings is 1. The van der Waals surface area contributed by atoms with Crippen molar-refractivity contribution in [1.29, 1.82) is 0 Å². The Kier molecular flexibility index (Phi) is 3.80. The van der Waals surface area contributed by atoms with Crippen molar-refractivity contribution in [3.05, 3.63) is 47.1 Å². The van der Waals surface area contributed by atoms with Gasteiger partial charge in [-0.05, 0) is 18.2 Å². The molecular formula is C17H16N4O5. The second-order valence-corrected chi connectivity index (χ2v) is 6.33. The Morgan fingerprint density at radius 1 is 1.19 bits per heavy atom. The van der Waals surface area contributed by atoms with Crippen molar-refractivity contribution in [2.24, 2.45) is 0 Å². The Morgan fingerprint density at radius 3 is 2.62 bits per heavy atom. The van der Waals surface area contributed by atoms with Crippen molar-refractivity contribution >= 4 is 17.7 Å². The van der Waals surface area contributed by atoms with Crippen molar-refractivity contribution in [3.8, 4) is 0 Å². The van der Waals surface area contributed by atoms with Crippen LogP contribution in [0.1, 0.15) is 49.7 Å². The SMILES string of the molecule is CN1C(=O)c2ccc(C(=O)NC3(c4ncon4)CCOCC3)cc2C1=O. The number of carbonyl (C=O) groups is 3. The lowest BCUT2D eigenvalue weighted by Crippen LogP contribution is -2.50. The monoisotopic (exact) mass is 356 g/mol. The fraction of sp³-hybridized carbons (Fsp3) is 0.353. The molecule has 0 aliphatic carbocycles. The summed E-state index contributed by atoms with van der Waals surface area (Å²) in [6.45, 7) is 0.910. The van der Waals surface area contributed by atoms with Gasteiger partial charge in [-0.1, -0.05) is 5.16 Å². The number of nitrogens with one attached hydrogen (secondary N) is 1. The van der Waals surface area contributed by atoms with Crippen molar-refractivity contribution in [3.63, 3.8) is 0 Å². The molecule has 2 aromatic rings. The minimum absolute atomic E-state index is 0.228. The number of rotatable bonds is 3. The van der Waals surface area contributed by atoms with E-state index in [1.807, 2.05) is 0 Å². The number of nitrogens with zero attached hydrogens (tertiary/aromatic N) is 3. The van der Waals surface area contributed by atoms with Gasteiger partial charge >= 0.3 is 0 Å². The maximum absolute atomic E-state index is 12.8. The first-order valence-corrected chi connectivity index (χ1v) is 8.15. The Hall–Kier alpha value is -3.07. The van der Waals surface area contributed by atoms with Gasteiger partial charge in [0.25, 0.3) is 17.7 Å². The molecule has 4 rings (SSSR count). The van der Waals surface area contributed by atoms with Crippen LogP contribution in [0.4, 0.5) is 0 Å². The van der Waals surface area contributed by atoms with Gasteiger partial charge in [0.2, 0.25) is 6.39 Å². The van der Waals surface area contributed by atoms with E-state index in [1.54, 1.807) is 0 Å². The first kappa shape index (κ1) is 16.4. The summed E-state index contributed by atoms with van der Waals surface area (Å²) in [6, 6.07) is 4.47.